The molecule has 1 aliphatic rings. The van der Waals surface area contributed by atoms with E-state index in [0.717, 1.165) is 0 Å². The summed E-state index contributed by atoms with van der Waals surface area (Å²) in [6.07, 6.45) is 0. The average molecular weight is 258 g/mol. The Balaban J connectivity index is 3.39. The highest BCUT2D eigenvalue weighted by atomic mass is 31.1. The van der Waals surface area contributed by atoms with Crippen LogP contribution in [-0.4, -0.2) is 27.2 Å². The van der Waals surface area contributed by atoms with Crippen LogP contribution in [-0.2, 0) is 0 Å². The Kier molecular flexibility index (Phi) is 3.23. The van der Waals surface area contributed by atoms with Crippen molar-refractivity contribution < 1.29 is 0 Å². The van der Waals surface area contributed by atoms with Gasteiger partial charge in [0.15, 0.2) is 0 Å². The minimum Gasteiger partial charge on any atom is -0.0784 e. The van der Waals surface area contributed by atoms with E-state index in [-0.39, 0.29) is 7.92 Å². The average Bonchev–Trinajstić information content (AvgIpc) is 1.99. The molecule has 0 amide bonds. The molecule has 88 valence electrons. The molecule has 0 spiro atoms. The van der Waals surface area contributed by atoms with E-state index in [0.29, 0.717) is 4.40 Å². The van der Waals surface area contributed by atoms with E-state index in [1.54, 1.807) is 10.9 Å². The Morgan fingerprint density at radius 1 is 0.867 bits per heavy atom. The van der Waals surface area contributed by atoms with Gasteiger partial charge in [0, 0.05) is 4.40 Å². The summed E-state index contributed by atoms with van der Waals surface area (Å²) in [5.74, 6) is 0. The molecule has 0 aromatic rings. The summed E-state index contributed by atoms with van der Waals surface area (Å²) in [6, 6.07) is 0. The standard InChI is InChI=1S/C12H27PSi2/c1-10-11(2)13(3)12(10,14(4,5)6)15(7,8)9/h1-9H3. The van der Waals surface area contributed by atoms with Gasteiger partial charge in [-0.1, -0.05) is 52.8 Å². The van der Waals surface area contributed by atoms with E-state index < -0.39 is 16.1 Å². The zero-order valence-corrected chi connectivity index (χ0v) is 14.8. The minimum absolute atomic E-state index is 0.161. The lowest BCUT2D eigenvalue weighted by Crippen LogP contribution is -2.68. The maximum absolute atomic E-state index is 2.58. The van der Waals surface area contributed by atoms with Crippen LogP contribution in [0, 0.1) is 0 Å². The van der Waals surface area contributed by atoms with E-state index in [2.05, 4.69) is 59.8 Å². The zero-order chi connectivity index (χ0) is 12.2. The van der Waals surface area contributed by atoms with Crippen molar-refractivity contribution in [2.45, 2.75) is 57.5 Å². The van der Waals surface area contributed by atoms with Crippen LogP contribution in [0.3, 0.4) is 0 Å². The quantitative estimate of drug-likeness (QED) is 0.488. The second-order valence-electron chi connectivity index (χ2n) is 6.98. The van der Waals surface area contributed by atoms with Crippen molar-refractivity contribution in [1.82, 2.24) is 0 Å². The largest absolute Gasteiger partial charge is 0.0784 e. The summed E-state index contributed by atoms with van der Waals surface area (Å²) in [6.45, 7) is 22.8. The molecule has 0 N–H and O–H groups in total. The fraction of sp³-hybridized carbons (Fsp3) is 0.833. The molecule has 0 saturated carbocycles. The van der Waals surface area contributed by atoms with Crippen LogP contribution in [0.15, 0.2) is 10.9 Å². The third-order valence-electron chi connectivity index (χ3n) is 4.26. The molecule has 3 heteroatoms. The monoisotopic (exact) mass is 258 g/mol. The van der Waals surface area contributed by atoms with Gasteiger partial charge < -0.3 is 0 Å². The molecule has 1 atom stereocenters. The molecule has 0 aliphatic carbocycles. The molecule has 1 heterocycles. The Morgan fingerprint density at radius 2 is 1.20 bits per heavy atom. The lowest BCUT2D eigenvalue weighted by molar-refractivity contribution is 1.04. The van der Waals surface area contributed by atoms with Crippen LogP contribution in [0.1, 0.15) is 13.8 Å². The smallest absolute Gasteiger partial charge is 0.0576 e. The SMILES string of the molecule is CC1=C(C)C([Si](C)(C)C)([Si](C)(C)C)P1C. The number of hydrogen-bond acceptors (Lipinski definition) is 0. The van der Waals surface area contributed by atoms with E-state index in [1.807, 2.05) is 0 Å². The summed E-state index contributed by atoms with van der Waals surface area (Å²) in [5.41, 5.74) is 1.79. The van der Waals surface area contributed by atoms with Crippen molar-refractivity contribution in [3.63, 3.8) is 0 Å². The number of rotatable bonds is 2. The van der Waals surface area contributed by atoms with Crippen molar-refractivity contribution in [2.24, 2.45) is 0 Å². The lowest BCUT2D eigenvalue weighted by atomic mass is 10.3. The third-order valence-corrected chi connectivity index (χ3v) is 22.6. The third kappa shape index (κ3) is 1.56. The molecule has 1 unspecified atom stereocenters. The lowest BCUT2D eigenvalue weighted by Gasteiger charge is -2.63. The van der Waals surface area contributed by atoms with Crippen molar-refractivity contribution in [2.75, 3.05) is 6.66 Å². The highest BCUT2D eigenvalue weighted by Crippen LogP contribution is 2.73. The molecule has 1 rings (SSSR count). The van der Waals surface area contributed by atoms with Gasteiger partial charge in [0.2, 0.25) is 0 Å². The Hall–Kier alpha value is 0.604. The van der Waals surface area contributed by atoms with E-state index in [1.165, 1.54) is 0 Å². The van der Waals surface area contributed by atoms with Gasteiger partial charge in [0.25, 0.3) is 0 Å². The Labute approximate surface area is 99.3 Å². The second kappa shape index (κ2) is 3.55. The molecule has 1 aliphatic heterocycles. The van der Waals surface area contributed by atoms with Crippen LogP contribution in [0.5, 0.6) is 0 Å². The maximum atomic E-state index is 2.58. The van der Waals surface area contributed by atoms with Crippen molar-refractivity contribution in [3.05, 3.63) is 10.9 Å². The Bertz CT molecular complexity index is 291. The van der Waals surface area contributed by atoms with E-state index in [4.69, 9.17) is 0 Å². The van der Waals surface area contributed by atoms with Crippen LogP contribution < -0.4 is 0 Å². The fourth-order valence-electron chi connectivity index (χ4n) is 4.22. The highest BCUT2D eigenvalue weighted by molar-refractivity contribution is 7.72. The second-order valence-corrected chi connectivity index (χ2v) is 21.3. The molecule has 0 fully saturated rings. The molecule has 0 nitrogen and oxygen atoms in total. The van der Waals surface area contributed by atoms with Crippen molar-refractivity contribution in [1.29, 1.82) is 0 Å². The summed E-state index contributed by atoms with van der Waals surface area (Å²) >= 11 is 0. The van der Waals surface area contributed by atoms with Crippen LogP contribution >= 0.6 is 7.92 Å². The van der Waals surface area contributed by atoms with Gasteiger partial charge in [-0.3, -0.25) is 0 Å². The maximum Gasteiger partial charge on any atom is 0.0576 e. The highest BCUT2D eigenvalue weighted by Gasteiger charge is 2.62. The molecule has 0 aromatic carbocycles. The summed E-state index contributed by atoms with van der Waals surface area (Å²) in [7, 11) is -2.03. The normalized spacial score (nSPS) is 26.6. The molecule has 0 bridgehead atoms. The predicted molar refractivity (Wildman–Crippen MR) is 80.6 cm³/mol. The summed E-state index contributed by atoms with van der Waals surface area (Å²) in [5, 5.41) is 1.75. The number of allylic oxidation sites excluding steroid dienone is 2. The van der Waals surface area contributed by atoms with Gasteiger partial charge in [0.1, 0.15) is 0 Å². The summed E-state index contributed by atoms with van der Waals surface area (Å²) < 4.78 is 0.708. The van der Waals surface area contributed by atoms with Crippen molar-refractivity contribution >= 4 is 24.1 Å². The first-order valence-electron chi connectivity index (χ1n) is 5.89. The predicted octanol–water partition coefficient (Wildman–Crippen LogP) is 4.90. The van der Waals surface area contributed by atoms with Gasteiger partial charge >= 0.3 is 0 Å². The zero-order valence-electron chi connectivity index (χ0n) is 11.9. The van der Waals surface area contributed by atoms with E-state index >= 15 is 0 Å². The molecule has 0 saturated heterocycles. The van der Waals surface area contributed by atoms with Gasteiger partial charge in [0.05, 0.1) is 16.1 Å². The molecular weight excluding hydrogens is 231 g/mol. The Morgan fingerprint density at radius 3 is 1.33 bits per heavy atom. The minimum atomic E-state index is -1.09. The first-order chi connectivity index (χ1) is 6.48. The topological polar surface area (TPSA) is 0 Å². The fourth-order valence-corrected chi connectivity index (χ4v) is 26.8. The first-order valence-corrected chi connectivity index (χ1v) is 14.7. The summed E-state index contributed by atoms with van der Waals surface area (Å²) in [4.78, 5) is 0. The molecule has 15 heavy (non-hydrogen) atoms. The van der Waals surface area contributed by atoms with Crippen LogP contribution in [0.25, 0.3) is 0 Å². The first kappa shape index (κ1) is 13.7. The van der Waals surface area contributed by atoms with Crippen LogP contribution in [0.4, 0.5) is 0 Å². The van der Waals surface area contributed by atoms with Gasteiger partial charge in [-0.05, 0) is 25.8 Å². The van der Waals surface area contributed by atoms with Gasteiger partial charge in [-0.2, -0.15) is 0 Å². The number of hydrogen-bond donors (Lipinski definition) is 0. The van der Waals surface area contributed by atoms with Gasteiger partial charge in [-0.15, -0.1) is 0 Å². The molecular formula is C12H27PSi2. The molecule has 0 radical (unpaired) electrons. The van der Waals surface area contributed by atoms with E-state index in [9.17, 15) is 0 Å². The molecule has 0 aromatic heterocycles. The van der Waals surface area contributed by atoms with Gasteiger partial charge in [-0.25, -0.2) is 0 Å². The van der Waals surface area contributed by atoms with Crippen LogP contribution in [0.2, 0.25) is 39.3 Å². The van der Waals surface area contributed by atoms with Crippen molar-refractivity contribution in [3.8, 4) is 0 Å².